The summed E-state index contributed by atoms with van der Waals surface area (Å²) >= 11 is 0. The highest BCUT2D eigenvalue weighted by molar-refractivity contribution is 5.71. The van der Waals surface area contributed by atoms with Gasteiger partial charge in [0.15, 0.2) is 0 Å². The van der Waals surface area contributed by atoms with Crippen molar-refractivity contribution in [2.75, 3.05) is 6.61 Å². The molecule has 0 aliphatic rings. The van der Waals surface area contributed by atoms with Crippen molar-refractivity contribution < 1.29 is 28.2 Å². The monoisotopic (exact) mass is 599 g/mol. The van der Waals surface area contributed by atoms with Crippen molar-refractivity contribution >= 4 is 12.1 Å². The smallest absolute Gasteiger partial charge is 0.407 e. The van der Waals surface area contributed by atoms with Crippen molar-refractivity contribution in [2.45, 2.75) is 79.1 Å². The summed E-state index contributed by atoms with van der Waals surface area (Å²) in [6.45, 7) is 11.6. The molecule has 0 fully saturated rings. The zero-order valence-corrected chi connectivity index (χ0v) is 26.3. The van der Waals surface area contributed by atoms with Gasteiger partial charge >= 0.3 is 12.1 Å². The Morgan fingerprint density at radius 2 is 1.73 bits per heavy atom. The van der Waals surface area contributed by atoms with Crippen molar-refractivity contribution in [2.24, 2.45) is 0 Å². The van der Waals surface area contributed by atoms with E-state index in [1.54, 1.807) is 20.0 Å². The lowest BCUT2D eigenvalue weighted by Crippen LogP contribution is -2.27. The summed E-state index contributed by atoms with van der Waals surface area (Å²) in [5, 5.41) is 2.79. The molecule has 1 N–H and O–H groups in total. The third kappa shape index (κ3) is 9.69. The molecular formula is C35H41N3O6. The van der Waals surface area contributed by atoms with Gasteiger partial charge in [-0.25, -0.2) is 9.78 Å². The van der Waals surface area contributed by atoms with E-state index in [2.05, 4.69) is 10.3 Å². The van der Waals surface area contributed by atoms with Crippen LogP contribution in [0, 0.1) is 6.92 Å². The lowest BCUT2D eigenvalue weighted by atomic mass is 10.0. The molecule has 1 amide bonds. The van der Waals surface area contributed by atoms with Crippen LogP contribution >= 0.6 is 0 Å². The van der Waals surface area contributed by atoms with Crippen LogP contribution in [0.1, 0.15) is 63.6 Å². The molecule has 0 saturated carbocycles. The topological polar surface area (TPSA) is 113 Å². The molecule has 4 aromatic rings. The predicted molar refractivity (Wildman–Crippen MR) is 168 cm³/mol. The molecule has 2 aromatic carbocycles. The Bertz CT molecular complexity index is 1560. The van der Waals surface area contributed by atoms with Crippen LogP contribution in [0.15, 0.2) is 71.4 Å². The molecule has 0 atom stereocenters. The first kappa shape index (κ1) is 32.3. The number of nitrogens with one attached hydrogen (secondary N) is 1. The maximum atomic E-state index is 12.3. The number of carbonyl (C=O) groups is 2. The fraction of sp³-hybridized carbons (Fsp3) is 0.371. The van der Waals surface area contributed by atoms with E-state index >= 15 is 0 Å². The Kier molecular flexibility index (Phi) is 10.8. The maximum absolute atomic E-state index is 12.3. The number of ether oxygens (including phenoxy) is 3. The van der Waals surface area contributed by atoms with E-state index in [1.165, 1.54) is 0 Å². The first-order valence-electron chi connectivity index (χ1n) is 14.8. The Labute approximate surface area is 259 Å². The molecule has 0 saturated heterocycles. The van der Waals surface area contributed by atoms with E-state index in [0.717, 1.165) is 39.3 Å². The lowest BCUT2D eigenvalue weighted by molar-refractivity contribution is -0.154. The van der Waals surface area contributed by atoms with Crippen molar-refractivity contribution in [1.29, 1.82) is 0 Å². The first-order valence-corrected chi connectivity index (χ1v) is 14.8. The van der Waals surface area contributed by atoms with Crippen LogP contribution < -0.4 is 10.1 Å². The minimum absolute atomic E-state index is 0.222. The normalized spacial score (nSPS) is 11.3. The summed E-state index contributed by atoms with van der Waals surface area (Å²) in [4.78, 5) is 33.4. The first-order chi connectivity index (χ1) is 21.0. The largest absolute Gasteiger partial charge is 0.493 e. The van der Waals surface area contributed by atoms with Crippen molar-refractivity contribution in [1.82, 2.24) is 15.3 Å². The van der Waals surface area contributed by atoms with E-state index in [4.69, 9.17) is 23.6 Å². The van der Waals surface area contributed by atoms with Crippen LogP contribution in [0.3, 0.4) is 0 Å². The lowest BCUT2D eigenvalue weighted by Gasteiger charge is -2.20. The van der Waals surface area contributed by atoms with Crippen molar-refractivity contribution in [3.8, 4) is 28.3 Å². The molecule has 0 bridgehead atoms. The summed E-state index contributed by atoms with van der Waals surface area (Å²) in [7, 11) is 0. The van der Waals surface area contributed by atoms with E-state index in [-0.39, 0.29) is 25.0 Å². The summed E-state index contributed by atoms with van der Waals surface area (Å²) in [6, 6.07) is 17.6. The fourth-order valence-corrected chi connectivity index (χ4v) is 4.57. The SMILES string of the molecule is Cc1oc(-c2cccc(-c3cccnc3)c2)nc1CCOc1ccc(CCC(=O)OC(C)(C)C)c(CNC(=O)OC(C)C)c1. The molecule has 2 heterocycles. The van der Waals surface area contributed by atoms with Gasteiger partial charge in [0.25, 0.3) is 0 Å². The Morgan fingerprint density at radius 1 is 0.955 bits per heavy atom. The average Bonchev–Trinajstić information content (AvgIpc) is 3.35. The quantitative estimate of drug-likeness (QED) is 0.170. The molecule has 44 heavy (non-hydrogen) atoms. The predicted octanol–water partition coefficient (Wildman–Crippen LogP) is 7.24. The van der Waals surface area contributed by atoms with E-state index in [0.29, 0.717) is 31.1 Å². The highest BCUT2D eigenvalue weighted by atomic mass is 16.6. The number of pyridine rings is 1. The summed E-state index contributed by atoms with van der Waals surface area (Å²) in [5.74, 6) is 1.66. The molecule has 4 rings (SSSR count). The Hall–Kier alpha value is -4.66. The third-order valence-corrected chi connectivity index (χ3v) is 6.57. The second-order valence-electron chi connectivity index (χ2n) is 11.8. The summed E-state index contributed by atoms with van der Waals surface area (Å²) < 4.78 is 22.8. The molecule has 2 aromatic heterocycles. The van der Waals surface area contributed by atoms with Gasteiger partial charge in [-0.05, 0) is 95.0 Å². The van der Waals surface area contributed by atoms with Gasteiger partial charge in [-0.15, -0.1) is 0 Å². The number of rotatable bonds is 12. The minimum Gasteiger partial charge on any atom is -0.493 e. The molecule has 0 radical (unpaired) electrons. The van der Waals surface area contributed by atoms with Gasteiger partial charge in [0.05, 0.1) is 18.4 Å². The van der Waals surface area contributed by atoms with E-state index < -0.39 is 11.7 Å². The molecule has 0 unspecified atom stereocenters. The molecule has 232 valence electrons. The van der Waals surface area contributed by atoms with Gasteiger partial charge in [-0.3, -0.25) is 9.78 Å². The second kappa shape index (κ2) is 14.7. The number of carbonyl (C=O) groups excluding carboxylic acids is 2. The van der Waals surface area contributed by atoms with Crippen LogP contribution in [-0.2, 0) is 33.7 Å². The van der Waals surface area contributed by atoms with Crippen LogP contribution in [-0.4, -0.2) is 40.3 Å². The number of esters is 1. The number of hydrogen-bond acceptors (Lipinski definition) is 8. The molecule has 9 nitrogen and oxygen atoms in total. The molecule has 0 aliphatic heterocycles. The number of hydrogen-bond donors (Lipinski definition) is 1. The van der Waals surface area contributed by atoms with Crippen LogP contribution in [0.5, 0.6) is 5.75 Å². The van der Waals surface area contributed by atoms with E-state index in [1.807, 2.05) is 88.5 Å². The zero-order chi connectivity index (χ0) is 31.7. The molecular weight excluding hydrogens is 558 g/mol. The Balaban J connectivity index is 1.41. The molecule has 9 heteroatoms. The number of benzene rings is 2. The van der Waals surface area contributed by atoms with Gasteiger partial charge in [-0.2, -0.15) is 0 Å². The van der Waals surface area contributed by atoms with E-state index in [9.17, 15) is 9.59 Å². The summed E-state index contributed by atoms with van der Waals surface area (Å²) in [5.41, 5.74) is 4.96. The standard InChI is InChI=1S/C35H41N3O6/c1-23(2)42-34(40)37-22-29-20-30(14-12-25(29)13-15-32(39)44-35(4,5)6)41-18-16-31-24(3)43-33(38-31)27-10-7-9-26(19-27)28-11-8-17-36-21-28/h7-12,14,17,19-21,23H,13,15-16,18,22H2,1-6H3,(H,37,40). The fourth-order valence-electron chi connectivity index (χ4n) is 4.57. The van der Waals surface area contributed by atoms with Crippen LogP contribution in [0.2, 0.25) is 0 Å². The molecule has 0 aliphatic carbocycles. The average molecular weight is 600 g/mol. The summed E-state index contributed by atoms with van der Waals surface area (Å²) in [6.07, 6.45) is 4.08. The van der Waals surface area contributed by atoms with Gasteiger partial charge < -0.3 is 23.9 Å². The highest BCUT2D eigenvalue weighted by Gasteiger charge is 2.18. The number of alkyl carbamates (subject to hydrolysis) is 1. The third-order valence-electron chi connectivity index (χ3n) is 6.57. The number of amides is 1. The molecule has 0 spiro atoms. The number of nitrogens with zero attached hydrogens (tertiary/aromatic N) is 2. The second-order valence-corrected chi connectivity index (χ2v) is 11.8. The minimum atomic E-state index is -0.549. The van der Waals surface area contributed by atoms with Gasteiger partial charge in [-0.1, -0.05) is 24.3 Å². The Morgan fingerprint density at radius 3 is 2.45 bits per heavy atom. The number of aromatic nitrogens is 2. The van der Waals surface area contributed by atoms with Crippen LogP contribution in [0.4, 0.5) is 4.79 Å². The van der Waals surface area contributed by atoms with Gasteiger partial charge in [0.1, 0.15) is 17.1 Å². The maximum Gasteiger partial charge on any atom is 0.407 e. The number of aryl methyl sites for hydroxylation is 2. The van der Waals surface area contributed by atoms with Crippen molar-refractivity contribution in [3.63, 3.8) is 0 Å². The van der Waals surface area contributed by atoms with Crippen LogP contribution in [0.25, 0.3) is 22.6 Å². The van der Waals surface area contributed by atoms with Gasteiger partial charge in [0, 0.05) is 42.9 Å². The highest BCUT2D eigenvalue weighted by Crippen LogP contribution is 2.27. The van der Waals surface area contributed by atoms with Gasteiger partial charge in [0.2, 0.25) is 5.89 Å². The number of oxazole rings is 1. The zero-order valence-electron chi connectivity index (χ0n) is 26.3. The van der Waals surface area contributed by atoms with Crippen molar-refractivity contribution in [3.05, 3.63) is 89.6 Å².